The fraction of sp³-hybridized carbons (Fsp3) is 0. The first-order valence-electron chi connectivity index (χ1n) is 4.36. The van der Waals surface area contributed by atoms with Crippen molar-refractivity contribution in [2.45, 2.75) is 0 Å². The molecule has 0 unspecified atom stereocenters. The Balaban J connectivity index is 2.32. The Labute approximate surface area is 91.8 Å². The van der Waals surface area contributed by atoms with Gasteiger partial charge in [0.2, 0.25) is 11.9 Å². The van der Waals surface area contributed by atoms with Crippen LogP contribution in [0.5, 0.6) is 0 Å². The number of halogens is 1. The largest absolute Gasteiger partial charge is 0.618 e. The molecule has 0 saturated carbocycles. The fourth-order valence-corrected chi connectivity index (χ4v) is 1.35. The lowest BCUT2D eigenvalue weighted by Crippen LogP contribution is -1.97. The minimum absolute atomic E-state index is 0.471. The van der Waals surface area contributed by atoms with E-state index in [0.29, 0.717) is 21.2 Å². The molecule has 1 aromatic carbocycles. The third-order valence-electron chi connectivity index (χ3n) is 1.85. The van der Waals surface area contributed by atoms with Crippen LogP contribution < -0.4 is 0 Å². The Morgan fingerprint density at radius 1 is 1.27 bits per heavy atom. The average molecular weight is 222 g/mol. The van der Waals surface area contributed by atoms with Gasteiger partial charge >= 0.3 is 0 Å². The number of rotatable bonds is 2. The van der Waals surface area contributed by atoms with Crippen molar-refractivity contribution in [1.82, 2.24) is 0 Å². The summed E-state index contributed by atoms with van der Waals surface area (Å²) in [5, 5.41) is 12.1. The smallest absolute Gasteiger partial charge is 0.223 e. The van der Waals surface area contributed by atoms with Gasteiger partial charge in [0, 0.05) is 17.2 Å². The van der Waals surface area contributed by atoms with Crippen LogP contribution in [0.15, 0.2) is 47.1 Å². The molecule has 0 aliphatic heterocycles. The van der Waals surface area contributed by atoms with Crippen LogP contribution in [0, 0.1) is 5.21 Å². The van der Waals surface area contributed by atoms with Gasteiger partial charge in [-0.05, 0) is 18.2 Å². The molecule has 0 fully saturated rings. The van der Waals surface area contributed by atoms with Crippen molar-refractivity contribution >= 4 is 23.5 Å². The zero-order chi connectivity index (χ0) is 10.7. The molecular formula is C11H8ClNO2. The molecule has 0 N–H and O–H groups in total. The summed E-state index contributed by atoms with van der Waals surface area (Å²) in [7, 11) is 0. The van der Waals surface area contributed by atoms with E-state index in [4.69, 9.17) is 16.0 Å². The average Bonchev–Trinajstić information content (AvgIpc) is 2.70. The maximum atomic E-state index is 11.6. The van der Waals surface area contributed by atoms with Gasteiger partial charge in [0.15, 0.2) is 5.76 Å². The van der Waals surface area contributed by atoms with Gasteiger partial charge < -0.3 is 9.62 Å². The van der Waals surface area contributed by atoms with Gasteiger partial charge in [0.1, 0.15) is 0 Å². The molecular weight excluding hydrogens is 214 g/mol. The molecule has 0 radical (unpaired) electrons. The quantitative estimate of drug-likeness (QED) is 0.338. The van der Waals surface area contributed by atoms with E-state index in [-0.39, 0.29) is 0 Å². The maximum absolute atomic E-state index is 11.6. The molecule has 15 heavy (non-hydrogen) atoms. The molecule has 0 amide bonds. The van der Waals surface area contributed by atoms with E-state index in [1.807, 2.05) is 0 Å². The highest BCUT2D eigenvalue weighted by atomic mass is 35.5. The van der Waals surface area contributed by atoms with E-state index < -0.39 is 0 Å². The molecule has 0 aliphatic carbocycles. The third kappa shape index (κ3) is 2.39. The summed E-state index contributed by atoms with van der Waals surface area (Å²) in [6.07, 6.45) is 2.86. The number of hydrogen-bond acceptors (Lipinski definition) is 2. The van der Waals surface area contributed by atoms with Crippen LogP contribution in [-0.2, 0) is 0 Å². The van der Waals surface area contributed by atoms with Gasteiger partial charge in [0.25, 0.3) is 0 Å². The SMILES string of the molecule is [O-]/[N+](=C\c1ccco1)c1cccc(Cl)c1. The van der Waals surface area contributed by atoms with Crippen LogP contribution in [-0.4, -0.2) is 11.0 Å². The number of benzene rings is 1. The lowest BCUT2D eigenvalue weighted by Gasteiger charge is -2.01. The summed E-state index contributed by atoms with van der Waals surface area (Å²) in [5.74, 6) is 0.505. The van der Waals surface area contributed by atoms with Crippen LogP contribution in [0.25, 0.3) is 0 Å². The second-order valence-corrected chi connectivity index (χ2v) is 3.39. The molecule has 76 valence electrons. The van der Waals surface area contributed by atoms with E-state index in [1.165, 1.54) is 12.5 Å². The van der Waals surface area contributed by atoms with Crippen LogP contribution in [0.4, 0.5) is 5.69 Å². The molecule has 0 aliphatic rings. The van der Waals surface area contributed by atoms with Gasteiger partial charge in [-0.25, -0.2) is 0 Å². The molecule has 3 nitrogen and oxygen atoms in total. The second kappa shape index (κ2) is 4.19. The highest BCUT2D eigenvalue weighted by Gasteiger charge is 2.03. The van der Waals surface area contributed by atoms with Crippen LogP contribution >= 0.6 is 11.6 Å². The van der Waals surface area contributed by atoms with Crippen molar-refractivity contribution in [3.8, 4) is 0 Å². The standard InChI is InChI=1S/C11H8ClNO2/c12-9-3-1-4-10(7-9)13(14)8-11-5-2-6-15-11/h1-8H/b13-8-. The van der Waals surface area contributed by atoms with E-state index in [9.17, 15) is 5.21 Å². The maximum Gasteiger partial charge on any atom is 0.223 e. The Bertz CT molecular complexity index is 477. The summed E-state index contributed by atoms with van der Waals surface area (Å²) in [6, 6.07) is 10.1. The highest BCUT2D eigenvalue weighted by molar-refractivity contribution is 6.30. The van der Waals surface area contributed by atoms with Crippen LogP contribution in [0.1, 0.15) is 5.76 Å². The first-order valence-corrected chi connectivity index (χ1v) is 4.74. The molecule has 0 atom stereocenters. The van der Waals surface area contributed by atoms with Gasteiger partial charge in [-0.1, -0.05) is 17.7 Å². The van der Waals surface area contributed by atoms with Gasteiger partial charge in [-0.2, -0.15) is 4.74 Å². The Kier molecular flexibility index (Phi) is 2.74. The lowest BCUT2D eigenvalue weighted by atomic mass is 10.3. The Morgan fingerprint density at radius 2 is 2.13 bits per heavy atom. The molecule has 1 heterocycles. The van der Waals surface area contributed by atoms with Crippen LogP contribution in [0.2, 0.25) is 5.02 Å². The summed E-state index contributed by atoms with van der Waals surface area (Å²) < 4.78 is 5.74. The third-order valence-corrected chi connectivity index (χ3v) is 2.09. The van der Waals surface area contributed by atoms with Crippen molar-refractivity contribution in [2.24, 2.45) is 0 Å². The van der Waals surface area contributed by atoms with E-state index in [1.54, 1.807) is 36.4 Å². The van der Waals surface area contributed by atoms with Gasteiger partial charge in [-0.15, -0.1) is 0 Å². The predicted molar refractivity (Wildman–Crippen MR) is 58.6 cm³/mol. The monoisotopic (exact) mass is 221 g/mol. The summed E-state index contributed by atoms with van der Waals surface area (Å²) >= 11 is 5.77. The number of nitrogens with zero attached hydrogens (tertiary/aromatic N) is 1. The zero-order valence-corrected chi connectivity index (χ0v) is 8.52. The fourth-order valence-electron chi connectivity index (χ4n) is 1.17. The summed E-state index contributed by atoms with van der Waals surface area (Å²) in [4.78, 5) is 0. The second-order valence-electron chi connectivity index (χ2n) is 2.95. The van der Waals surface area contributed by atoms with Crippen molar-refractivity contribution in [3.63, 3.8) is 0 Å². The predicted octanol–water partition coefficient (Wildman–Crippen LogP) is 3.19. The normalized spacial score (nSPS) is 11.7. The van der Waals surface area contributed by atoms with E-state index >= 15 is 0 Å². The molecule has 0 bridgehead atoms. The molecule has 1 aromatic heterocycles. The highest BCUT2D eigenvalue weighted by Crippen LogP contribution is 2.17. The van der Waals surface area contributed by atoms with E-state index in [2.05, 4.69) is 0 Å². The molecule has 4 heteroatoms. The minimum atomic E-state index is 0.471. The first kappa shape index (κ1) is 9.80. The first-order chi connectivity index (χ1) is 7.25. The van der Waals surface area contributed by atoms with Gasteiger partial charge in [-0.3, -0.25) is 0 Å². The van der Waals surface area contributed by atoms with Crippen molar-refractivity contribution in [1.29, 1.82) is 0 Å². The number of furan rings is 1. The minimum Gasteiger partial charge on any atom is -0.618 e. The Morgan fingerprint density at radius 3 is 2.80 bits per heavy atom. The van der Waals surface area contributed by atoms with E-state index in [0.717, 1.165) is 0 Å². The van der Waals surface area contributed by atoms with Crippen molar-refractivity contribution in [2.75, 3.05) is 0 Å². The topological polar surface area (TPSA) is 39.2 Å². The molecule has 0 spiro atoms. The van der Waals surface area contributed by atoms with Crippen molar-refractivity contribution in [3.05, 3.63) is 58.7 Å². The molecule has 2 rings (SSSR count). The molecule has 2 aromatic rings. The number of hydrogen-bond donors (Lipinski definition) is 0. The Hall–Kier alpha value is -1.74. The van der Waals surface area contributed by atoms with Crippen LogP contribution in [0.3, 0.4) is 0 Å². The summed E-state index contributed by atoms with van der Waals surface area (Å²) in [5.41, 5.74) is 0.471. The summed E-state index contributed by atoms with van der Waals surface area (Å²) in [6.45, 7) is 0. The molecule has 0 saturated heterocycles. The lowest BCUT2D eigenvalue weighted by molar-refractivity contribution is -0.354. The van der Waals surface area contributed by atoms with Crippen molar-refractivity contribution < 1.29 is 9.16 Å². The van der Waals surface area contributed by atoms with Gasteiger partial charge in [0.05, 0.1) is 6.26 Å². The zero-order valence-electron chi connectivity index (χ0n) is 7.76.